The predicted octanol–water partition coefficient (Wildman–Crippen LogP) is 3.38. The maximum atomic E-state index is 12.5. The van der Waals surface area contributed by atoms with Gasteiger partial charge in [-0.1, -0.05) is 29.5 Å². The molecule has 9 heteroatoms. The van der Waals surface area contributed by atoms with Crippen molar-refractivity contribution < 1.29 is 14.3 Å². The van der Waals surface area contributed by atoms with E-state index in [2.05, 4.69) is 20.5 Å². The van der Waals surface area contributed by atoms with E-state index < -0.39 is 0 Å². The van der Waals surface area contributed by atoms with Crippen molar-refractivity contribution in [2.24, 2.45) is 0 Å². The Morgan fingerprint density at radius 2 is 1.97 bits per heavy atom. The molecule has 0 aliphatic rings. The van der Waals surface area contributed by atoms with Crippen LogP contribution in [-0.4, -0.2) is 39.2 Å². The average molecular weight is 409 g/mol. The molecular weight excluding hydrogens is 390 g/mol. The number of hydrogen-bond acceptors (Lipinski definition) is 7. The van der Waals surface area contributed by atoms with Gasteiger partial charge in [0.05, 0.1) is 13.7 Å². The summed E-state index contributed by atoms with van der Waals surface area (Å²) in [5.74, 6) is 1.04. The van der Waals surface area contributed by atoms with Crippen molar-refractivity contribution >= 4 is 28.0 Å². The summed E-state index contributed by atoms with van der Waals surface area (Å²) in [7, 11) is 1.60. The van der Waals surface area contributed by atoms with Crippen LogP contribution < -0.4 is 14.8 Å². The summed E-state index contributed by atoms with van der Waals surface area (Å²) in [4.78, 5) is 16.8. The molecule has 1 aromatic carbocycles. The molecule has 4 aromatic rings. The first-order valence-corrected chi connectivity index (χ1v) is 9.79. The minimum Gasteiger partial charge on any atom is -0.493 e. The Bertz CT molecular complexity index is 1150. The topological polar surface area (TPSA) is 90.6 Å². The number of imidazole rings is 1. The number of carbonyl (C=O) groups excluding carboxylic acids is 1. The lowest BCUT2D eigenvalue weighted by molar-refractivity contribution is 0.102. The van der Waals surface area contributed by atoms with Gasteiger partial charge in [0.1, 0.15) is 16.3 Å². The molecule has 0 unspecified atom stereocenters. The number of para-hydroxylation sites is 2. The fourth-order valence-corrected chi connectivity index (χ4v) is 3.48. The van der Waals surface area contributed by atoms with Crippen molar-refractivity contribution in [3.63, 3.8) is 0 Å². The van der Waals surface area contributed by atoms with E-state index in [9.17, 15) is 4.79 Å². The van der Waals surface area contributed by atoms with E-state index in [0.717, 1.165) is 10.6 Å². The molecule has 4 rings (SSSR count). The van der Waals surface area contributed by atoms with Crippen LogP contribution in [0.15, 0.2) is 48.8 Å². The van der Waals surface area contributed by atoms with Gasteiger partial charge < -0.3 is 13.9 Å². The Hall–Kier alpha value is -3.46. The molecule has 0 fully saturated rings. The van der Waals surface area contributed by atoms with E-state index in [1.165, 1.54) is 11.3 Å². The Kier molecular flexibility index (Phi) is 5.39. The van der Waals surface area contributed by atoms with E-state index >= 15 is 0 Å². The third-order valence-corrected chi connectivity index (χ3v) is 5.06. The number of aryl methyl sites for hydroxylation is 1. The minimum atomic E-state index is -0.320. The number of aromatic nitrogens is 4. The van der Waals surface area contributed by atoms with Crippen LogP contribution in [0.2, 0.25) is 0 Å². The van der Waals surface area contributed by atoms with Crippen LogP contribution in [0.4, 0.5) is 5.13 Å². The van der Waals surface area contributed by atoms with E-state index in [4.69, 9.17) is 9.47 Å². The van der Waals surface area contributed by atoms with Gasteiger partial charge >= 0.3 is 0 Å². The highest BCUT2D eigenvalue weighted by Crippen LogP contribution is 2.26. The molecule has 29 heavy (non-hydrogen) atoms. The largest absolute Gasteiger partial charge is 0.493 e. The Labute approximate surface area is 171 Å². The monoisotopic (exact) mass is 409 g/mol. The smallest absolute Gasteiger partial charge is 0.277 e. The summed E-state index contributed by atoms with van der Waals surface area (Å²) in [6.07, 6.45) is 4.18. The van der Waals surface area contributed by atoms with Gasteiger partial charge in [-0.05, 0) is 30.7 Å². The number of nitrogens with zero attached hydrogens (tertiary/aromatic N) is 4. The number of carbonyl (C=O) groups is 1. The zero-order chi connectivity index (χ0) is 20.2. The molecule has 3 heterocycles. The van der Waals surface area contributed by atoms with E-state index in [-0.39, 0.29) is 5.91 Å². The highest BCUT2D eigenvalue weighted by Gasteiger charge is 2.14. The van der Waals surface area contributed by atoms with Crippen LogP contribution in [0.5, 0.6) is 11.5 Å². The van der Waals surface area contributed by atoms with Crippen molar-refractivity contribution in [2.75, 3.05) is 19.0 Å². The highest BCUT2D eigenvalue weighted by molar-refractivity contribution is 7.15. The normalized spacial score (nSPS) is 10.8. The molecule has 3 aromatic heterocycles. The predicted molar refractivity (Wildman–Crippen MR) is 110 cm³/mol. The maximum Gasteiger partial charge on any atom is 0.277 e. The van der Waals surface area contributed by atoms with Crippen molar-refractivity contribution in [3.8, 4) is 11.5 Å². The van der Waals surface area contributed by atoms with Crippen LogP contribution in [0.1, 0.15) is 21.1 Å². The van der Waals surface area contributed by atoms with Crippen LogP contribution in [0.25, 0.3) is 5.65 Å². The lowest BCUT2D eigenvalue weighted by Crippen LogP contribution is -2.12. The second kappa shape index (κ2) is 8.27. The standard InChI is InChI=1S/C20H19N5O3S/c1-13-7-8-17-21-14(12-25(17)11-13)19(26)22-20-24-23-18(29-20)9-10-28-16-6-4-3-5-15(16)27-2/h3-8,11-12H,9-10H2,1-2H3,(H,22,24,26). The van der Waals surface area contributed by atoms with Gasteiger partial charge in [0, 0.05) is 18.8 Å². The van der Waals surface area contributed by atoms with E-state index in [1.54, 1.807) is 13.3 Å². The van der Waals surface area contributed by atoms with Gasteiger partial charge in [0.2, 0.25) is 5.13 Å². The molecule has 0 saturated heterocycles. The van der Waals surface area contributed by atoms with Gasteiger partial charge in [0.15, 0.2) is 11.5 Å². The van der Waals surface area contributed by atoms with Gasteiger partial charge in [-0.2, -0.15) is 0 Å². The quantitative estimate of drug-likeness (QED) is 0.503. The molecule has 0 spiro atoms. The maximum absolute atomic E-state index is 12.5. The van der Waals surface area contributed by atoms with E-state index in [1.807, 2.05) is 53.9 Å². The van der Waals surface area contributed by atoms with Crippen LogP contribution in [-0.2, 0) is 6.42 Å². The highest BCUT2D eigenvalue weighted by atomic mass is 32.1. The summed E-state index contributed by atoms with van der Waals surface area (Å²) in [5.41, 5.74) is 2.13. The zero-order valence-electron chi connectivity index (χ0n) is 16.0. The molecule has 8 nitrogen and oxygen atoms in total. The molecule has 148 valence electrons. The number of amides is 1. The number of anilines is 1. The average Bonchev–Trinajstić information content (AvgIpc) is 3.34. The zero-order valence-corrected chi connectivity index (χ0v) is 16.8. The fourth-order valence-electron chi connectivity index (χ4n) is 2.77. The Morgan fingerprint density at radius 3 is 2.79 bits per heavy atom. The Balaban J connectivity index is 1.35. The number of ether oxygens (including phenoxy) is 2. The molecule has 0 saturated carbocycles. The van der Waals surface area contributed by atoms with Crippen molar-refractivity contribution in [1.82, 2.24) is 19.6 Å². The van der Waals surface area contributed by atoms with E-state index in [0.29, 0.717) is 41.0 Å². The van der Waals surface area contributed by atoms with Gasteiger partial charge in [0.25, 0.3) is 5.91 Å². The van der Waals surface area contributed by atoms with Crippen LogP contribution >= 0.6 is 11.3 Å². The minimum absolute atomic E-state index is 0.320. The first-order chi connectivity index (χ1) is 14.1. The van der Waals surface area contributed by atoms with Gasteiger partial charge in [-0.25, -0.2) is 4.98 Å². The lowest BCUT2D eigenvalue weighted by atomic mass is 10.3. The summed E-state index contributed by atoms with van der Waals surface area (Å²) < 4.78 is 12.8. The molecule has 1 N–H and O–H groups in total. The van der Waals surface area contributed by atoms with Crippen molar-refractivity contribution in [3.05, 3.63) is 65.1 Å². The van der Waals surface area contributed by atoms with Crippen molar-refractivity contribution in [2.45, 2.75) is 13.3 Å². The van der Waals surface area contributed by atoms with Crippen molar-refractivity contribution in [1.29, 1.82) is 0 Å². The first kappa shape index (κ1) is 18.9. The summed E-state index contributed by atoms with van der Waals surface area (Å²) >= 11 is 1.31. The molecule has 0 radical (unpaired) electrons. The Morgan fingerprint density at radius 1 is 1.14 bits per heavy atom. The number of benzene rings is 1. The molecule has 0 bridgehead atoms. The lowest BCUT2D eigenvalue weighted by Gasteiger charge is -2.09. The molecule has 0 atom stereocenters. The number of nitrogens with one attached hydrogen (secondary N) is 1. The second-order valence-corrected chi connectivity index (χ2v) is 7.36. The summed E-state index contributed by atoms with van der Waals surface area (Å²) in [6.45, 7) is 2.41. The molecule has 0 aliphatic heterocycles. The van der Waals surface area contributed by atoms with Gasteiger partial charge in [-0.15, -0.1) is 10.2 Å². The van der Waals surface area contributed by atoms with Crippen LogP contribution in [0.3, 0.4) is 0 Å². The van der Waals surface area contributed by atoms with Gasteiger partial charge in [-0.3, -0.25) is 10.1 Å². The number of fused-ring (bicyclic) bond motifs is 1. The summed E-state index contributed by atoms with van der Waals surface area (Å²) in [5, 5.41) is 12.1. The fraction of sp³-hybridized carbons (Fsp3) is 0.200. The number of methoxy groups -OCH3 is 1. The molecule has 1 amide bonds. The number of hydrogen-bond donors (Lipinski definition) is 1. The number of pyridine rings is 1. The first-order valence-electron chi connectivity index (χ1n) is 8.97. The number of rotatable bonds is 7. The second-order valence-electron chi connectivity index (χ2n) is 6.30. The third-order valence-electron chi connectivity index (χ3n) is 4.16. The molecule has 0 aliphatic carbocycles. The SMILES string of the molecule is COc1ccccc1OCCc1nnc(NC(=O)c2cn3cc(C)ccc3n2)s1. The van der Waals surface area contributed by atoms with Crippen LogP contribution in [0, 0.1) is 6.92 Å². The summed E-state index contributed by atoms with van der Waals surface area (Å²) in [6, 6.07) is 11.3. The molecular formula is C20H19N5O3S. The third kappa shape index (κ3) is 4.35.